The fourth-order valence-electron chi connectivity index (χ4n) is 2.26. The molecule has 1 N–H and O–H groups in total. The van der Waals surface area contributed by atoms with Gasteiger partial charge in [0.15, 0.2) is 11.5 Å². The van der Waals surface area contributed by atoms with Crippen molar-refractivity contribution >= 4 is 11.9 Å². The highest BCUT2D eigenvalue weighted by atomic mass is 19.1. The fourth-order valence-corrected chi connectivity index (χ4v) is 2.26. The molecule has 0 radical (unpaired) electrons. The summed E-state index contributed by atoms with van der Waals surface area (Å²) in [5.74, 6) is -0.810. The van der Waals surface area contributed by atoms with E-state index < -0.39 is 17.7 Å². The molecule has 1 amide bonds. The number of nitrogens with zero attached hydrogens (tertiary/aromatic N) is 1. The maximum atomic E-state index is 13.6. The molecule has 8 heteroatoms. The van der Waals surface area contributed by atoms with Crippen molar-refractivity contribution in [3.05, 3.63) is 58.9 Å². The third kappa shape index (κ3) is 3.89. The number of carbonyl (C=O) groups is 2. The molecule has 0 fully saturated rings. The molecule has 0 unspecified atom stereocenters. The maximum Gasteiger partial charge on any atom is 0.325 e. The van der Waals surface area contributed by atoms with Crippen molar-refractivity contribution in [3.8, 4) is 17.6 Å². The normalized spacial score (nSPS) is 11.5. The van der Waals surface area contributed by atoms with E-state index in [1.54, 1.807) is 6.07 Å². The standard InChI is InChI=1S/C18H13FN2O5/c19-14-3-1-11(7-20)5-13(14)9-24-17(22)8-21-18(23)12-2-4-15-16(6-12)26-10-25-15/h1-6H,8-10H2,(H,21,23). The van der Waals surface area contributed by atoms with E-state index >= 15 is 0 Å². The summed E-state index contributed by atoms with van der Waals surface area (Å²) in [6.45, 7) is -0.622. The van der Waals surface area contributed by atoms with Gasteiger partial charge in [0.05, 0.1) is 11.6 Å². The quantitative estimate of drug-likeness (QED) is 0.822. The molecule has 1 heterocycles. The van der Waals surface area contributed by atoms with Crippen molar-refractivity contribution in [2.24, 2.45) is 0 Å². The molecule has 2 aromatic carbocycles. The number of hydrogen-bond donors (Lipinski definition) is 1. The van der Waals surface area contributed by atoms with Crippen molar-refractivity contribution in [1.82, 2.24) is 5.32 Å². The van der Waals surface area contributed by atoms with Crippen LogP contribution in [-0.2, 0) is 16.1 Å². The third-order valence-electron chi connectivity index (χ3n) is 3.59. The van der Waals surface area contributed by atoms with Gasteiger partial charge in [-0.1, -0.05) is 0 Å². The zero-order valence-corrected chi connectivity index (χ0v) is 13.5. The summed E-state index contributed by atoms with van der Waals surface area (Å²) in [5.41, 5.74) is 0.642. The molecule has 0 aliphatic carbocycles. The lowest BCUT2D eigenvalue weighted by Gasteiger charge is -2.08. The number of nitriles is 1. The van der Waals surface area contributed by atoms with Crippen molar-refractivity contribution in [1.29, 1.82) is 5.26 Å². The number of ether oxygens (including phenoxy) is 3. The molecule has 1 aliphatic heterocycles. The van der Waals surface area contributed by atoms with E-state index in [0.29, 0.717) is 17.1 Å². The molecular weight excluding hydrogens is 343 g/mol. The Hall–Kier alpha value is -3.60. The number of benzene rings is 2. The number of esters is 1. The van der Waals surface area contributed by atoms with Crippen LogP contribution in [0.4, 0.5) is 4.39 Å². The van der Waals surface area contributed by atoms with Gasteiger partial charge >= 0.3 is 5.97 Å². The average molecular weight is 356 g/mol. The van der Waals surface area contributed by atoms with Crippen LogP contribution in [0.3, 0.4) is 0 Å². The highest BCUT2D eigenvalue weighted by Crippen LogP contribution is 2.32. The van der Waals surface area contributed by atoms with Crippen molar-refractivity contribution < 1.29 is 28.2 Å². The van der Waals surface area contributed by atoms with Crippen LogP contribution in [0.5, 0.6) is 11.5 Å². The molecule has 2 aromatic rings. The summed E-state index contributed by atoms with van der Waals surface area (Å²) in [5, 5.41) is 11.2. The topological polar surface area (TPSA) is 97.7 Å². The van der Waals surface area contributed by atoms with Crippen LogP contribution in [-0.4, -0.2) is 25.2 Å². The summed E-state index contributed by atoms with van der Waals surface area (Å²) in [4.78, 5) is 23.8. The average Bonchev–Trinajstić information content (AvgIpc) is 3.13. The minimum absolute atomic E-state index is 0.0829. The first kappa shape index (κ1) is 17.2. The number of hydrogen-bond acceptors (Lipinski definition) is 6. The summed E-state index contributed by atoms with van der Waals surface area (Å²) >= 11 is 0. The van der Waals surface area contributed by atoms with Crippen molar-refractivity contribution in [2.45, 2.75) is 6.61 Å². The van der Waals surface area contributed by atoms with E-state index in [0.717, 1.165) is 6.07 Å². The number of amides is 1. The molecular formula is C18H13FN2O5. The number of carbonyl (C=O) groups excluding carboxylic acids is 2. The van der Waals surface area contributed by atoms with Gasteiger partial charge in [-0.15, -0.1) is 0 Å². The number of fused-ring (bicyclic) bond motifs is 1. The Morgan fingerprint density at radius 1 is 1.19 bits per heavy atom. The number of halogens is 1. The minimum Gasteiger partial charge on any atom is -0.459 e. The fraction of sp³-hybridized carbons (Fsp3) is 0.167. The molecule has 0 atom stereocenters. The Morgan fingerprint density at radius 3 is 2.81 bits per heavy atom. The largest absolute Gasteiger partial charge is 0.459 e. The van der Waals surface area contributed by atoms with Gasteiger partial charge in [0.1, 0.15) is 19.0 Å². The van der Waals surface area contributed by atoms with Gasteiger partial charge < -0.3 is 19.5 Å². The smallest absolute Gasteiger partial charge is 0.325 e. The molecule has 3 rings (SSSR count). The highest BCUT2D eigenvalue weighted by molar-refractivity contribution is 5.96. The van der Waals surface area contributed by atoms with Gasteiger partial charge in [-0.05, 0) is 36.4 Å². The van der Waals surface area contributed by atoms with Crippen LogP contribution < -0.4 is 14.8 Å². The van der Waals surface area contributed by atoms with Gasteiger partial charge in [-0.25, -0.2) is 4.39 Å². The van der Waals surface area contributed by atoms with Gasteiger partial charge in [-0.2, -0.15) is 5.26 Å². The van der Waals surface area contributed by atoms with Crippen LogP contribution in [0.15, 0.2) is 36.4 Å². The van der Waals surface area contributed by atoms with Crippen LogP contribution in [0.1, 0.15) is 21.5 Å². The second-order valence-corrected chi connectivity index (χ2v) is 5.33. The predicted molar refractivity (Wildman–Crippen MR) is 85.8 cm³/mol. The zero-order valence-electron chi connectivity index (χ0n) is 13.5. The van der Waals surface area contributed by atoms with Crippen molar-refractivity contribution in [2.75, 3.05) is 13.3 Å². The number of rotatable bonds is 5. The molecule has 0 bridgehead atoms. The molecule has 7 nitrogen and oxygen atoms in total. The Balaban J connectivity index is 1.51. The van der Waals surface area contributed by atoms with Gasteiger partial charge in [0.25, 0.3) is 5.91 Å². The second kappa shape index (κ2) is 7.53. The lowest BCUT2D eigenvalue weighted by atomic mass is 10.1. The zero-order chi connectivity index (χ0) is 18.5. The molecule has 26 heavy (non-hydrogen) atoms. The molecule has 1 aliphatic rings. The van der Waals surface area contributed by atoms with Crippen LogP contribution in [0, 0.1) is 17.1 Å². The first-order valence-corrected chi connectivity index (χ1v) is 7.59. The van der Waals surface area contributed by atoms with E-state index in [-0.39, 0.29) is 31.1 Å². The van der Waals surface area contributed by atoms with E-state index in [1.165, 1.54) is 24.3 Å². The Bertz CT molecular complexity index is 907. The van der Waals surface area contributed by atoms with E-state index in [1.807, 2.05) is 6.07 Å². The molecule has 0 spiro atoms. The van der Waals surface area contributed by atoms with E-state index in [9.17, 15) is 14.0 Å². The number of nitrogens with one attached hydrogen (secondary N) is 1. The summed E-state index contributed by atoms with van der Waals surface area (Å²) in [6.07, 6.45) is 0. The first-order valence-electron chi connectivity index (χ1n) is 7.59. The molecule has 0 saturated heterocycles. The van der Waals surface area contributed by atoms with Crippen molar-refractivity contribution in [3.63, 3.8) is 0 Å². The van der Waals surface area contributed by atoms with E-state index in [2.05, 4.69) is 5.32 Å². The maximum absolute atomic E-state index is 13.6. The SMILES string of the molecule is N#Cc1ccc(F)c(COC(=O)CNC(=O)c2ccc3c(c2)OCO3)c1. The predicted octanol–water partition coefficient (Wildman–Crippen LogP) is 1.90. The summed E-state index contributed by atoms with van der Waals surface area (Å²) < 4.78 is 28.9. The Morgan fingerprint density at radius 2 is 2.00 bits per heavy atom. The minimum atomic E-state index is -0.735. The highest BCUT2D eigenvalue weighted by Gasteiger charge is 2.17. The van der Waals surface area contributed by atoms with E-state index in [4.69, 9.17) is 19.5 Å². The van der Waals surface area contributed by atoms with Gasteiger partial charge in [0, 0.05) is 11.1 Å². The lowest BCUT2D eigenvalue weighted by molar-refractivity contribution is -0.143. The Kier molecular flexibility index (Phi) is 4.99. The summed E-state index contributed by atoms with van der Waals surface area (Å²) in [6, 6.07) is 10.3. The Labute approximate surface area is 147 Å². The molecule has 0 saturated carbocycles. The monoisotopic (exact) mass is 356 g/mol. The lowest BCUT2D eigenvalue weighted by Crippen LogP contribution is -2.30. The summed E-state index contributed by atoms with van der Waals surface area (Å²) in [7, 11) is 0. The van der Waals surface area contributed by atoms with Gasteiger partial charge in [0.2, 0.25) is 6.79 Å². The molecule has 0 aromatic heterocycles. The first-order chi connectivity index (χ1) is 12.6. The molecule has 132 valence electrons. The van der Waals surface area contributed by atoms with Crippen LogP contribution in [0.25, 0.3) is 0 Å². The van der Waals surface area contributed by atoms with Gasteiger partial charge in [-0.3, -0.25) is 9.59 Å². The third-order valence-corrected chi connectivity index (χ3v) is 3.59. The van der Waals surface area contributed by atoms with Crippen LogP contribution >= 0.6 is 0 Å². The second-order valence-electron chi connectivity index (χ2n) is 5.33. The van der Waals surface area contributed by atoms with Crippen LogP contribution in [0.2, 0.25) is 0 Å².